The van der Waals surface area contributed by atoms with Gasteiger partial charge in [-0.15, -0.1) is 0 Å². The van der Waals surface area contributed by atoms with Crippen molar-refractivity contribution in [1.82, 2.24) is 9.88 Å². The summed E-state index contributed by atoms with van der Waals surface area (Å²) in [4.78, 5) is 42.0. The van der Waals surface area contributed by atoms with Crippen molar-refractivity contribution in [3.63, 3.8) is 0 Å². The minimum atomic E-state index is -1.54. The van der Waals surface area contributed by atoms with Crippen molar-refractivity contribution in [2.24, 2.45) is 0 Å². The Balaban J connectivity index is 1.58. The van der Waals surface area contributed by atoms with E-state index in [0.29, 0.717) is 21.6 Å². The Kier molecular flexibility index (Phi) is 7.42. The maximum absolute atomic E-state index is 13.0. The summed E-state index contributed by atoms with van der Waals surface area (Å²) in [5.41, 5.74) is 2.85. The molecule has 8 heteroatoms. The predicted octanol–water partition coefficient (Wildman–Crippen LogP) is 5.14. The lowest BCUT2D eigenvalue weighted by molar-refractivity contribution is -0.142. The molecule has 1 heterocycles. The summed E-state index contributed by atoms with van der Waals surface area (Å²) in [6, 6.07) is 23.6. The van der Waals surface area contributed by atoms with Crippen molar-refractivity contribution >= 4 is 29.1 Å². The number of amides is 2. The first-order valence-electron chi connectivity index (χ1n) is 11.0. The zero-order valence-electron chi connectivity index (χ0n) is 18.8. The van der Waals surface area contributed by atoms with Crippen LogP contribution in [0, 0.1) is 0 Å². The number of carboxylic acid groups (broad SMARTS) is 1. The number of hydrogen-bond donors (Lipinski definition) is 2. The summed E-state index contributed by atoms with van der Waals surface area (Å²) in [6.45, 7) is -0.247. The topological polar surface area (TPSA) is 109 Å². The van der Waals surface area contributed by atoms with Crippen LogP contribution >= 0.6 is 0 Å². The third kappa shape index (κ3) is 5.86. The van der Waals surface area contributed by atoms with Gasteiger partial charge in [0.05, 0.1) is 0 Å². The number of carbonyl (C=O) groups excluding carboxylic acids is 2. The number of carboxylic acids is 1. The lowest BCUT2D eigenvalue weighted by Gasteiger charge is -2.26. The first kappa shape index (κ1) is 23.6. The van der Waals surface area contributed by atoms with Crippen LogP contribution in [-0.4, -0.2) is 39.2 Å². The van der Waals surface area contributed by atoms with E-state index < -0.39 is 24.2 Å². The van der Waals surface area contributed by atoms with Crippen molar-refractivity contribution in [3.05, 3.63) is 108 Å². The fraction of sp³-hybridized carbons (Fsp3) is 0.148. The smallest absolute Gasteiger partial charge is 0.420 e. The SMILES string of the molecule is O=C(O)C(Cc1c[nH]c2ccccc12)N(C(=O)OCc1ccccc1)C(=O)OCc1ccccc1. The number of nitrogens with zero attached hydrogens (tertiary/aromatic N) is 1. The van der Waals surface area contributed by atoms with Gasteiger partial charge in [0.2, 0.25) is 0 Å². The zero-order chi connectivity index (χ0) is 24.6. The maximum atomic E-state index is 13.0. The zero-order valence-corrected chi connectivity index (χ0v) is 18.8. The summed E-state index contributed by atoms with van der Waals surface area (Å²) in [5, 5.41) is 10.8. The highest BCUT2D eigenvalue weighted by molar-refractivity contribution is 5.94. The molecule has 3 aromatic carbocycles. The molecule has 35 heavy (non-hydrogen) atoms. The number of hydrogen-bond acceptors (Lipinski definition) is 5. The molecule has 1 unspecified atom stereocenters. The van der Waals surface area contributed by atoms with E-state index in [9.17, 15) is 19.5 Å². The second kappa shape index (κ2) is 11.0. The summed E-state index contributed by atoms with van der Waals surface area (Å²) >= 11 is 0. The molecule has 4 rings (SSSR count). The van der Waals surface area contributed by atoms with Crippen LogP contribution in [0.15, 0.2) is 91.1 Å². The van der Waals surface area contributed by atoms with Crippen LogP contribution < -0.4 is 0 Å². The number of fused-ring (bicyclic) bond motifs is 1. The number of aromatic nitrogens is 1. The molecule has 0 radical (unpaired) electrons. The molecule has 0 aliphatic carbocycles. The molecule has 1 aromatic heterocycles. The monoisotopic (exact) mass is 472 g/mol. The van der Waals surface area contributed by atoms with Crippen LogP contribution in [0.3, 0.4) is 0 Å². The van der Waals surface area contributed by atoms with Crippen molar-refractivity contribution < 1.29 is 29.0 Å². The van der Waals surface area contributed by atoms with Gasteiger partial charge in [-0.25, -0.2) is 14.4 Å². The van der Waals surface area contributed by atoms with Gasteiger partial charge in [0, 0.05) is 23.5 Å². The van der Waals surface area contributed by atoms with E-state index in [2.05, 4.69) is 4.98 Å². The Morgan fingerprint density at radius 1 is 0.771 bits per heavy atom. The van der Waals surface area contributed by atoms with Gasteiger partial charge in [-0.2, -0.15) is 4.90 Å². The molecule has 0 saturated carbocycles. The fourth-order valence-electron chi connectivity index (χ4n) is 3.70. The molecule has 178 valence electrons. The van der Waals surface area contributed by atoms with Crippen molar-refractivity contribution in [1.29, 1.82) is 0 Å². The molecule has 2 amide bonds. The van der Waals surface area contributed by atoms with Crippen LogP contribution in [0.1, 0.15) is 16.7 Å². The third-order valence-electron chi connectivity index (χ3n) is 5.49. The molecule has 1 atom stereocenters. The van der Waals surface area contributed by atoms with E-state index in [1.54, 1.807) is 54.7 Å². The Bertz CT molecular complexity index is 1250. The second-order valence-electron chi connectivity index (χ2n) is 7.87. The lowest BCUT2D eigenvalue weighted by atomic mass is 10.0. The van der Waals surface area contributed by atoms with E-state index in [1.165, 1.54) is 0 Å². The molecule has 0 aliphatic heterocycles. The summed E-state index contributed by atoms with van der Waals surface area (Å²) in [6.07, 6.45) is -0.651. The number of para-hydroxylation sites is 1. The van der Waals surface area contributed by atoms with E-state index in [1.807, 2.05) is 36.4 Å². The average molecular weight is 472 g/mol. The Labute approximate surface area is 201 Å². The maximum Gasteiger partial charge on any atom is 0.420 e. The van der Waals surface area contributed by atoms with Crippen molar-refractivity contribution in [2.75, 3.05) is 0 Å². The van der Waals surface area contributed by atoms with Gasteiger partial charge in [-0.1, -0.05) is 78.9 Å². The molecule has 0 spiro atoms. The number of aromatic amines is 1. The highest BCUT2D eigenvalue weighted by Gasteiger charge is 2.38. The number of benzene rings is 3. The van der Waals surface area contributed by atoms with Gasteiger partial charge in [0.1, 0.15) is 19.3 Å². The van der Waals surface area contributed by atoms with Gasteiger partial charge >= 0.3 is 18.2 Å². The molecular weight excluding hydrogens is 448 g/mol. The number of nitrogens with one attached hydrogen (secondary N) is 1. The van der Waals surface area contributed by atoms with Crippen molar-refractivity contribution in [3.8, 4) is 0 Å². The number of H-pyrrole nitrogens is 1. The van der Waals surface area contributed by atoms with Crippen LogP contribution in [0.2, 0.25) is 0 Å². The van der Waals surface area contributed by atoms with Crippen molar-refractivity contribution in [2.45, 2.75) is 25.7 Å². The number of aliphatic carboxylic acids is 1. The number of carbonyl (C=O) groups is 3. The van der Waals surface area contributed by atoms with Crippen LogP contribution in [0.4, 0.5) is 9.59 Å². The molecule has 4 aromatic rings. The van der Waals surface area contributed by atoms with Gasteiger partial charge in [0.15, 0.2) is 0 Å². The first-order chi connectivity index (χ1) is 17.0. The Morgan fingerprint density at radius 3 is 1.83 bits per heavy atom. The Hall–Kier alpha value is -4.59. The number of imide groups is 1. The molecule has 0 fully saturated rings. The highest BCUT2D eigenvalue weighted by Crippen LogP contribution is 2.22. The van der Waals surface area contributed by atoms with E-state index in [4.69, 9.17) is 9.47 Å². The quantitative estimate of drug-likeness (QED) is 0.368. The Morgan fingerprint density at radius 2 is 1.29 bits per heavy atom. The van der Waals surface area contributed by atoms with Crippen LogP contribution in [0.25, 0.3) is 10.9 Å². The molecule has 0 saturated heterocycles. The summed E-state index contributed by atoms with van der Waals surface area (Å²) in [5.74, 6) is -1.36. The average Bonchev–Trinajstić information content (AvgIpc) is 3.30. The molecular formula is C27H24N2O6. The highest BCUT2D eigenvalue weighted by atomic mass is 16.6. The molecule has 0 bridgehead atoms. The molecule has 8 nitrogen and oxygen atoms in total. The minimum absolute atomic E-state index is 0.123. The van der Waals surface area contributed by atoms with Gasteiger partial charge in [-0.05, 0) is 22.8 Å². The van der Waals surface area contributed by atoms with E-state index in [0.717, 1.165) is 10.9 Å². The van der Waals surface area contributed by atoms with Crippen LogP contribution in [-0.2, 0) is 33.9 Å². The summed E-state index contributed by atoms with van der Waals surface area (Å²) in [7, 11) is 0. The second-order valence-corrected chi connectivity index (χ2v) is 7.87. The molecule has 2 N–H and O–H groups in total. The standard InChI is InChI=1S/C27H24N2O6/c30-25(31)24(15-21-16-28-23-14-8-7-13-22(21)23)29(26(32)34-17-19-9-3-1-4-10-19)27(33)35-18-20-11-5-2-6-12-20/h1-14,16,24,28H,15,17-18H2,(H,30,31). The lowest BCUT2D eigenvalue weighted by Crippen LogP contribution is -2.50. The fourth-order valence-corrected chi connectivity index (χ4v) is 3.70. The number of rotatable bonds is 8. The van der Waals surface area contributed by atoms with Gasteiger partial charge in [0.25, 0.3) is 0 Å². The van der Waals surface area contributed by atoms with Gasteiger partial charge < -0.3 is 19.6 Å². The third-order valence-corrected chi connectivity index (χ3v) is 5.49. The van der Waals surface area contributed by atoms with Crippen LogP contribution in [0.5, 0.6) is 0 Å². The first-order valence-corrected chi connectivity index (χ1v) is 11.0. The van der Waals surface area contributed by atoms with Gasteiger partial charge in [-0.3, -0.25) is 0 Å². The minimum Gasteiger partial charge on any atom is -0.480 e. The normalized spacial score (nSPS) is 11.5. The predicted molar refractivity (Wildman–Crippen MR) is 129 cm³/mol. The largest absolute Gasteiger partial charge is 0.480 e. The molecule has 0 aliphatic rings. The summed E-state index contributed by atoms with van der Waals surface area (Å²) < 4.78 is 10.6. The number of ether oxygens (including phenoxy) is 2. The van der Waals surface area contributed by atoms with E-state index >= 15 is 0 Å². The van der Waals surface area contributed by atoms with E-state index in [-0.39, 0.29) is 19.6 Å².